The summed E-state index contributed by atoms with van der Waals surface area (Å²) in [5, 5.41) is 4.72. The highest BCUT2D eigenvalue weighted by molar-refractivity contribution is 5.30. The molecule has 1 atom stereocenters. The van der Waals surface area contributed by atoms with E-state index in [9.17, 15) is 0 Å². The van der Waals surface area contributed by atoms with Crippen molar-refractivity contribution in [1.82, 2.24) is 9.78 Å². The molecule has 0 saturated carbocycles. The summed E-state index contributed by atoms with van der Waals surface area (Å²) in [5.41, 5.74) is 11.0. The van der Waals surface area contributed by atoms with E-state index in [1.54, 1.807) is 0 Å². The van der Waals surface area contributed by atoms with Crippen LogP contribution in [0.2, 0.25) is 0 Å². The van der Waals surface area contributed by atoms with Gasteiger partial charge < -0.3 is 5.73 Å². The van der Waals surface area contributed by atoms with Gasteiger partial charge in [-0.2, -0.15) is 5.10 Å². The zero-order valence-electron chi connectivity index (χ0n) is 12.1. The van der Waals surface area contributed by atoms with E-state index in [1.165, 1.54) is 16.8 Å². The fraction of sp³-hybridized carbons (Fsp3) is 0.438. The summed E-state index contributed by atoms with van der Waals surface area (Å²) in [6, 6.07) is 10.7. The van der Waals surface area contributed by atoms with Crippen LogP contribution in [-0.2, 0) is 12.8 Å². The first kappa shape index (κ1) is 13.8. The van der Waals surface area contributed by atoms with E-state index in [0.717, 1.165) is 18.5 Å². The highest BCUT2D eigenvalue weighted by Crippen LogP contribution is 2.23. The van der Waals surface area contributed by atoms with Crippen LogP contribution in [0.4, 0.5) is 0 Å². The van der Waals surface area contributed by atoms with Gasteiger partial charge in [-0.15, -0.1) is 0 Å². The van der Waals surface area contributed by atoms with Gasteiger partial charge in [-0.25, -0.2) is 0 Å². The topological polar surface area (TPSA) is 43.8 Å². The lowest BCUT2D eigenvalue weighted by molar-refractivity contribution is 0.506. The fourth-order valence-corrected chi connectivity index (χ4v) is 2.52. The molecule has 0 aliphatic heterocycles. The quantitative estimate of drug-likeness (QED) is 0.895. The van der Waals surface area contributed by atoms with Gasteiger partial charge in [0, 0.05) is 12.2 Å². The molecule has 3 nitrogen and oxygen atoms in total. The van der Waals surface area contributed by atoms with Crippen molar-refractivity contribution in [1.29, 1.82) is 0 Å². The molecular weight excluding hydrogens is 234 g/mol. The van der Waals surface area contributed by atoms with Gasteiger partial charge in [0.15, 0.2) is 0 Å². The van der Waals surface area contributed by atoms with Crippen LogP contribution in [0.1, 0.15) is 42.4 Å². The summed E-state index contributed by atoms with van der Waals surface area (Å²) in [6.07, 6.45) is 1.94. The van der Waals surface area contributed by atoms with Crippen molar-refractivity contribution in [3.8, 4) is 0 Å². The second-order valence-electron chi connectivity index (χ2n) is 4.89. The SMILES string of the molecule is CCc1cc(CC)n(C(CN)c2ccccc2C)n1. The predicted octanol–water partition coefficient (Wildman–Crippen LogP) is 2.86. The highest BCUT2D eigenvalue weighted by atomic mass is 15.3. The van der Waals surface area contributed by atoms with Crippen LogP contribution < -0.4 is 5.73 Å². The second kappa shape index (κ2) is 6.02. The molecule has 1 aromatic heterocycles. The lowest BCUT2D eigenvalue weighted by atomic mass is 10.0. The molecule has 1 unspecified atom stereocenters. The van der Waals surface area contributed by atoms with Gasteiger partial charge in [0.1, 0.15) is 0 Å². The van der Waals surface area contributed by atoms with Crippen LogP contribution in [-0.4, -0.2) is 16.3 Å². The predicted molar refractivity (Wildman–Crippen MR) is 79.4 cm³/mol. The molecule has 0 spiro atoms. The van der Waals surface area contributed by atoms with E-state index < -0.39 is 0 Å². The smallest absolute Gasteiger partial charge is 0.0896 e. The molecule has 0 amide bonds. The maximum atomic E-state index is 6.02. The molecule has 2 N–H and O–H groups in total. The van der Waals surface area contributed by atoms with Gasteiger partial charge in [0.25, 0.3) is 0 Å². The summed E-state index contributed by atoms with van der Waals surface area (Å²) in [5.74, 6) is 0. The van der Waals surface area contributed by atoms with Gasteiger partial charge in [-0.1, -0.05) is 38.1 Å². The van der Waals surface area contributed by atoms with Crippen molar-refractivity contribution in [3.63, 3.8) is 0 Å². The average Bonchev–Trinajstić information content (AvgIpc) is 2.85. The normalized spacial score (nSPS) is 12.6. The van der Waals surface area contributed by atoms with Crippen LogP contribution in [0.3, 0.4) is 0 Å². The van der Waals surface area contributed by atoms with Crippen LogP contribution in [0, 0.1) is 6.92 Å². The number of aryl methyl sites for hydroxylation is 3. The second-order valence-corrected chi connectivity index (χ2v) is 4.89. The summed E-state index contributed by atoms with van der Waals surface area (Å²) in [7, 11) is 0. The standard InChI is InChI=1S/C16H23N3/c1-4-13-10-14(5-2)19(18-13)16(11-17)15-9-7-6-8-12(15)3/h6-10,16H,4-5,11,17H2,1-3H3. The summed E-state index contributed by atoms with van der Waals surface area (Å²) < 4.78 is 2.11. The molecule has 0 radical (unpaired) electrons. The van der Waals surface area contributed by atoms with Gasteiger partial charge >= 0.3 is 0 Å². The highest BCUT2D eigenvalue weighted by Gasteiger charge is 2.18. The Kier molecular flexibility index (Phi) is 4.38. The van der Waals surface area contributed by atoms with Crippen molar-refractivity contribution >= 4 is 0 Å². The molecule has 3 heteroatoms. The molecule has 0 saturated heterocycles. The number of hydrogen-bond acceptors (Lipinski definition) is 2. The Hall–Kier alpha value is -1.61. The third-order valence-electron chi connectivity index (χ3n) is 3.65. The lowest BCUT2D eigenvalue weighted by Gasteiger charge is -2.20. The molecule has 19 heavy (non-hydrogen) atoms. The molecule has 0 aliphatic rings. The number of nitrogens with zero attached hydrogens (tertiary/aromatic N) is 2. The molecule has 0 aliphatic carbocycles. The first-order chi connectivity index (χ1) is 9.21. The first-order valence-electron chi connectivity index (χ1n) is 7.04. The van der Waals surface area contributed by atoms with Crippen LogP contribution in [0.5, 0.6) is 0 Å². The first-order valence-corrected chi connectivity index (χ1v) is 7.04. The number of rotatable bonds is 5. The van der Waals surface area contributed by atoms with Crippen molar-refractivity contribution in [2.45, 2.75) is 39.7 Å². The Morgan fingerprint density at radius 2 is 1.95 bits per heavy atom. The lowest BCUT2D eigenvalue weighted by Crippen LogP contribution is -2.24. The van der Waals surface area contributed by atoms with Gasteiger partial charge in [0.2, 0.25) is 0 Å². The average molecular weight is 257 g/mol. The van der Waals surface area contributed by atoms with Gasteiger partial charge in [-0.3, -0.25) is 4.68 Å². The Morgan fingerprint density at radius 3 is 2.53 bits per heavy atom. The number of nitrogens with two attached hydrogens (primary N) is 1. The fourth-order valence-electron chi connectivity index (χ4n) is 2.52. The van der Waals surface area contributed by atoms with Crippen molar-refractivity contribution in [3.05, 3.63) is 52.8 Å². The third-order valence-corrected chi connectivity index (χ3v) is 3.65. The Morgan fingerprint density at radius 1 is 1.21 bits per heavy atom. The van der Waals surface area contributed by atoms with Crippen LogP contribution >= 0.6 is 0 Å². The monoisotopic (exact) mass is 257 g/mol. The van der Waals surface area contributed by atoms with Gasteiger partial charge in [-0.05, 0) is 37.0 Å². The minimum atomic E-state index is 0.136. The van der Waals surface area contributed by atoms with E-state index in [1.807, 2.05) is 0 Å². The third kappa shape index (κ3) is 2.71. The number of hydrogen-bond donors (Lipinski definition) is 1. The summed E-state index contributed by atoms with van der Waals surface area (Å²) in [4.78, 5) is 0. The van der Waals surface area contributed by atoms with E-state index in [-0.39, 0.29) is 6.04 Å². The Bertz CT molecular complexity index is 543. The largest absolute Gasteiger partial charge is 0.328 e. The minimum absolute atomic E-state index is 0.136. The number of benzene rings is 1. The van der Waals surface area contributed by atoms with Crippen molar-refractivity contribution in [2.75, 3.05) is 6.54 Å². The Balaban J connectivity index is 2.47. The van der Waals surface area contributed by atoms with E-state index in [2.05, 4.69) is 55.8 Å². The Labute approximate surface area is 115 Å². The number of aromatic nitrogens is 2. The van der Waals surface area contributed by atoms with Crippen LogP contribution in [0.15, 0.2) is 30.3 Å². The summed E-state index contributed by atoms with van der Waals surface area (Å²) >= 11 is 0. The zero-order chi connectivity index (χ0) is 13.8. The maximum absolute atomic E-state index is 6.02. The van der Waals surface area contributed by atoms with Crippen molar-refractivity contribution in [2.24, 2.45) is 5.73 Å². The van der Waals surface area contributed by atoms with Crippen LogP contribution in [0.25, 0.3) is 0 Å². The molecule has 1 heterocycles. The van der Waals surface area contributed by atoms with E-state index in [0.29, 0.717) is 6.54 Å². The molecule has 0 fully saturated rings. The molecule has 1 aromatic carbocycles. The zero-order valence-corrected chi connectivity index (χ0v) is 12.1. The molecule has 2 rings (SSSR count). The van der Waals surface area contributed by atoms with E-state index >= 15 is 0 Å². The minimum Gasteiger partial charge on any atom is -0.328 e. The molecular formula is C16H23N3. The molecule has 0 bridgehead atoms. The summed E-state index contributed by atoms with van der Waals surface area (Å²) in [6.45, 7) is 7.01. The van der Waals surface area contributed by atoms with Crippen molar-refractivity contribution < 1.29 is 0 Å². The molecule has 2 aromatic rings. The maximum Gasteiger partial charge on any atom is 0.0896 e. The molecule has 102 valence electrons. The van der Waals surface area contributed by atoms with Gasteiger partial charge in [0.05, 0.1) is 11.7 Å². The van der Waals surface area contributed by atoms with E-state index in [4.69, 9.17) is 10.8 Å².